The van der Waals surface area contributed by atoms with Crippen LogP contribution < -0.4 is 0 Å². The molecule has 0 spiro atoms. The molecule has 0 fully saturated rings. The van der Waals surface area contributed by atoms with Crippen molar-refractivity contribution in [2.75, 3.05) is 13.7 Å². The minimum Gasteiger partial charge on any atom is -0.497 e. The molecule has 3 heteroatoms. The fourth-order valence-corrected chi connectivity index (χ4v) is 1.35. The zero-order valence-corrected chi connectivity index (χ0v) is 9.32. The van der Waals surface area contributed by atoms with E-state index in [0.29, 0.717) is 6.61 Å². The second kappa shape index (κ2) is 5.39. The van der Waals surface area contributed by atoms with E-state index < -0.39 is 0 Å². The summed E-state index contributed by atoms with van der Waals surface area (Å²) in [5, 5.41) is 0. The predicted molar refractivity (Wildman–Crippen MR) is 58.1 cm³/mol. The monoisotopic (exact) mass is 208 g/mol. The Balaban J connectivity index is 2.82. The molecule has 1 aliphatic rings. The van der Waals surface area contributed by atoms with Gasteiger partial charge in [-0.25, -0.2) is 0 Å². The Bertz CT molecular complexity index is 324. The van der Waals surface area contributed by atoms with E-state index in [1.54, 1.807) is 26.2 Å². The molecule has 0 N–H and O–H groups in total. The summed E-state index contributed by atoms with van der Waals surface area (Å²) in [6.45, 7) is 4.11. The van der Waals surface area contributed by atoms with Gasteiger partial charge in [-0.15, -0.1) is 0 Å². The highest BCUT2D eigenvalue weighted by Crippen LogP contribution is 2.19. The first-order valence-corrected chi connectivity index (χ1v) is 4.96. The van der Waals surface area contributed by atoms with Crippen molar-refractivity contribution in [3.63, 3.8) is 0 Å². The van der Waals surface area contributed by atoms with Gasteiger partial charge in [0.05, 0.1) is 19.6 Å². The highest BCUT2D eigenvalue weighted by atomic mass is 16.5. The van der Waals surface area contributed by atoms with Gasteiger partial charge in [0.1, 0.15) is 5.76 Å². The average Bonchev–Trinajstić information content (AvgIpc) is 2.40. The molecule has 1 unspecified atom stereocenters. The smallest absolute Gasteiger partial charge is 0.316 e. The standard InChI is InChI=1S/C12H16O3/c1-4-15-12(13)11-8-7-10(14-3)6-5-9(11)2/h5-8,11H,4H2,1-3H3. The van der Waals surface area contributed by atoms with E-state index in [4.69, 9.17) is 9.47 Å². The Morgan fingerprint density at radius 3 is 2.80 bits per heavy atom. The molecule has 15 heavy (non-hydrogen) atoms. The zero-order chi connectivity index (χ0) is 11.3. The molecule has 1 aliphatic carbocycles. The van der Waals surface area contributed by atoms with Crippen molar-refractivity contribution in [3.05, 3.63) is 35.6 Å². The van der Waals surface area contributed by atoms with Crippen LogP contribution in [0.2, 0.25) is 0 Å². The lowest BCUT2D eigenvalue weighted by molar-refractivity contribution is -0.145. The highest BCUT2D eigenvalue weighted by molar-refractivity contribution is 5.78. The molecule has 0 heterocycles. The second-order valence-corrected chi connectivity index (χ2v) is 3.27. The molecular weight excluding hydrogens is 192 g/mol. The van der Waals surface area contributed by atoms with Gasteiger partial charge in [-0.2, -0.15) is 0 Å². The Morgan fingerprint density at radius 2 is 2.20 bits per heavy atom. The lowest BCUT2D eigenvalue weighted by Gasteiger charge is -2.10. The van der Waals surface area contributed by atoms with Gasteiger partial charge in [0.2, 0.25) is 0 Å². The SMILES string of the molecule is CCOC(=O)C1C=CC(OC)=CC=C1C. The first-order valence-electron chi connectivity index (χ1n) is 4.96. The van der Waals surface area contributed by atoms with Crippen molar-refractivity contribution in [2.45, 2.75) is 13.8 Å². The number of hydrogen-bond acceptors (Lipinski definition) is 3. The lowest BCUT2D eigenvalue weighted by atomic mass is 10.0. The van der Waals surface area contributed by atoms with Crippen molar-refractivity contribution >= 4 is 5.97 Å². The number of hydrogen-bond donors (Lipinski definition) is 0. The number of rotatable bonds is 3. The highest BCUT2D eigenvalue weighted by Gasteiger charge is 2.19. The summed E-state index contributed by atoms with van der Waals surface area (Å²) in [4.78, 5) is 11.6. The minimum absolute atomic E-state index is 0.215. The number of allylic oxidation sites excluding steroid dienone is 3. The van der Waals surface area contributed by atoms with Crippen LogP contribution in [0, 0.1) is 5.92 Å². The largest absolute Gasteiger partial charge is 0.497 e. The third kappa shape index (κ3) is 2.98. The number of esters is 1. The molecule has 0 aromatic heterocycles. The van der Waals surface area contributed by atoms with Crippen molar-refractivity contribution < 1.29 is 14.3 Å². The normalized spacial score (nSPS) is 20.1. The summed E-state index contributed by atoms with van der Waals surface area (Å²) in [6.07, 6.45) is 7.30. The Hall–Kier alpha value is -1.51. The van der Waals surface area contributed by atoms with Crippen LogP contribution in [-0.4, -0.2) is 19.7 Å². The molecular formula is C12H16O3. The summed E-state index contributed by atoms with van der Waals surface area (Å²) >= 11 is 0. The summed E-state index contributed by atoms with van der Waals surface area (Å²) in [5.74, 6) is 0.225. The Morgan fingerprint density at radius 1 is 1.47 bits per heavy atom. The molecule has 0 saturated heterocycles. The summed E-state index contributed by atoms with van der Waals surface area (Å²) in [7, 11) is 1.60. The maximum atomic E-state index is 11.6. The number of carbonyl (C=O) groups is 1. The molecule has 82 valence electrons. The third-order valence-electron chi connectivity index (χ3n) is 2.23. The van der Waals surface area contributed by atoms with Gasteiger partial charge in [0, 0.05) is 0 Å². The summed E-state index contributed by atoms with van der Waals surface area (Å²) in [6, 6.07) is 0. The molecule has 0 aromatic carbocycles. The third-order valence-corrected chi connectivity index (χ3v) is 2.23. The van der Waals surface area contributed by atoms with Crippen molar-refractivity contribution in [3.8, 4) is 0 Å². The van der Waals surface area contributed by atoms with E-state index in [1.807, 2.05) is 19.1 Å². The fraction of sp³-hybridized carbons (Fsp3) is 0.417. The van der Waals surface area contributed by atoms with Gasteiger partial charge in [0.15, 0.2) is 0 Å². The van der Waals surface area contributed by atoms with Crippen LogP contribution >= 0.6 is 0 Å². The minimum atomic E-state index is -0.297. The first kappa shape index (κ1) is 11.6. The number of ether oxygens (including phenoxy) is 2. The molecule has 0 saturated carbocycles. The summed E-state index contributed by atoms with van der Waals surface area (Å²) < 4.78 is 10.1. The van der Waals surface area contributed by atoms with Crippen molar-refractivity contribution in [2.24, 2.45) is 5.92 Å². The van der Waals surface area contributed by atoms with Gasteiger partial charge in [-0.3, -0.25) is 4.79 Å². The molecule has 0 aromatic rings. The maximum absolute atomic E-state index is 11.6. The molecule has 3 nitrogen and oxygen atoms in total. The molecule has 0 amide bonds. The molecule has 0 aliphatic heterocycles. The average molecular weight is 208 g/mol. The van der Waals surface area contributed by atoms with Gasteiger partial charge < -0.3 is 9.47 Å². The van der Waals surface area contributed by atoms with Gasteiger partial charge >= 0.3 is 5.97 Å². The summed E-state index contributed by atoms with van der Waals surface area (Å²) in [5.41, 5.74) is 0.955. The fourth-order valence-electron chi connectivity index (χ4n) is 1.35. The predicted octanol–water partition coefficient (Wildman–Crippen LogP) is 2.21. The van der Waals surface area contributed by atoms with Crippen LogP contribution in [-0.2, 0) is 14.3 Å². The molecule has 1 atom stereocenters. The molecule has 0 radical (unpaired) electrons. The van der Waals surface area contributed by atoms with Crippen LogP contribution in [0.15, 0.2) is 35.6 Å². The van der Waals surface area contributed by atoms with Crippen LogP contribution in [0.3, 0.4) is 0 Å². The quantitative estimate of drug-likeness (QED) is 0.667. The molecule has 0 bridgehead atoms. The number of carbonyl (C=O) groups excluding carboxylic acids is 1. The van der Waals surface area contributed by atoms with Gasteiger partial charge in [0.25, 0.3) is 0 Å². The van der Waals surface area contributed by atoms with E-state index >= 15 is 0 Å². The zero-order valence-electron chi connectivity index (χ0n) is 9.32. The Labute approximate surface area is 90.1 Å². The van der Waals surface area contributed by atoms with Crippen molar-refractivity contribution in [1.29, 1.82) is 0 Å². The maximum Gasteiger partial charge on any atom is 0.316 e. The Kier molecular flexibility index (Phi) is 4.16. The van der Waals surface area contributed by atoms with Gasteiger partial charge in [-0.05, 0) is 26.0 Å². The van der Waals surface area contributed by atoms with Crippen LogP contribution in [0.25, 0.3) is 0 Å². The van der Waals surface area contributed by atoms with E-state index in [9.17, 15) is 4.79 Å². The van der Waals surface area contributed by atoms with E-state index in [2.05, 4.69) is 0 Å². The van der Waals surface area contributed by atoms with Crippen LogP contribution in [0.4, 0.5) is 0 Å². The van der Waals surface area contributed by atoms with Crippen LogP contribution in [0.5, 0.6) is 0 Å². The second-order valence-electron chi connectivity index (χ2n) is 3.27. The van der Waals surface area contributed by atoms with Crippen LogP contribution in [0.1, 0.15) is 13.8 Å². The van der Waals surface area contributed by atoms with Gasteiger partial charge in [-0.1, -0.05) is 17.7 Å². The number of methoxy groups -OCH3 is 1. The van der Waals surface area contributed by atoms with E-state index in [0.717, 1.165) is 11.3 Å². The molecule has 1 rings (SSSR count). The lowest BCUT2D eigenvalue weighted by Crippen LogP contribution is -2.16. The topological polar surface area (TPSA) is 35.5 Å². The first-order chi connectivity index (χ1) is 7.19. The van der Waals surface area contributed by atoms with E-state index in [-0.39, 0.29) is 11.9 Å². The van der Waals surface area contributed by atoms with E-state index in [1.165, 1.54) is 0 Å². The van der Waals surface area contributed by atoms with Crippen molar-refractivity contribution in [1.82, 2.24) is 0 Å².